The normalized spacial score (nSPS) is 24.7. The summed E-state index contributed by atoms with van der Waals surface area (Å²) in [7, 11) is 0. The maximum atomic E-state index is 14.0. The predicted octanol–water partition coefficient (Wildman–Crippen LogP) is 1.88. The van der Waals surface area contributed by atoms with Gasteiger partial charge in [0, 0.05) is 18.9 Å². The molecule has 2 heterocycles. The number of ether oxygens (including phenoxy) is 1. The predicted molar refractivity (Wildman–Crippen MR) is 108 cm³/mol. The fourth-order valence-corrected chi connectivity index (χ4v) is 4.23. The Hall–Kier alpha value is -2.66. The number of halogens is 1. The first kappa shape index (κ1) is 20.6. The van der Waals surface area contributed by atoms with E-state index >= 15 is 0 Å². The fourth-order valence-electron chi connectivity index (χ4n) is 4.23. The lowest BCUT2D eigenvalue weighted by Gasteiger charge is -2.28. The van der Waals surface area contributed by atoms with Gasteiger partial charge in [0.1, 0.15) is 23.9 Å². The molecule has 1 aromatic carbocycles. The Morgan fingerprint density at radius 2 is 2.13 bits per heavy atom. The average Bonchev–Trinajstić information content (AvgIpc) is 3.46. The molecule has 8 heteroatoms. The van der Waals surface area contributed by atoms with Crippen LogP contribution < -0.4 is 16.0 Å². The maximum absolute atomic E-state index is 14.0. The molecule has 2 amide bonds. The number of nitriles is 1. The molecule has 0 aromatic heterocycles. The number of benzene rings is 1. The summed E-state index contributed by atoms with van der Waals surface area (Å²) < 4.78 is 19.4. The molecule has 3 N–H and O–H groups in total. The van der Waals surface area contributed by atoms with Crippen molar-refractivity contribution >= 4 is 17.5 Å². The van der Waals surface area contributed by atoms with Gasteiger partial charge in [0.15, 0.2) is 0 Å². The minimum Gasteiger partial charge on any atom is -0.381 e. The van der Waals surface area contributed by atoms with Gasteiger partial charge in [0.2, 0.25) is 11.8 Å². The summed E-state index contributed by atoms with van der Waals surface area (Å²) in [5.41, 5.74) is 1.10. The number of anilines is 1. The zero-order valence-corrected chi connectivity index (χ0v) is 16.8. The van der Waals surface area contributed by atoms with Gasteiger partial charge in [0.05, 0.1) is 18.4 Å². The number of carbonyl (C=O) groups is 2. The minimum absolute atomic E-state index is 0.0426. The van der Waals surface area contributed by atoms with Gasteiger partial charge in [-0.1, -0.05) is 25.0 Å². The highest BCUT2D eigenvalue weighted by Gasteiger charge is 2.36. The first-order valence-electron chi connectivity index (χ1n) is 10.7. The van der Waals surface area contributed by atoms with E-state index in [4.69, 9.17) is 4.74 Å². The molecule has 160 valence electrons. The Balaban J connectivity index is 1.38. The van der Waals surface area contributed by atoms with Gasteiger partial charge in [-0.05, 0) is 36.8 Å². The van der Waals surface area contributed by atoms with Crippen molar-refractivity contribution in [3.63, 3.8) is 0 Å². The van der Waals surface area contributed by atoms with Crippen molar-refractivity contribution in [2.45, 2.75) is 56.7 Å². The summed E-state index contributed by atoms with van der Waals surface area (Å²) in [6, 6.07) is 4.97. The van der Waals surface area contributed by atoms with Gasteiger partial charge in [0.25, 0.3) is 0 Å². The highest BCUT2D eigenvalue weighted by molar-refractivity contribution is 5.92. The lowest BCUT2D eigenvalue weighted by molar-refractivity contribution is -0.130. The molecule has 4 unspecified atom stereocenters. The first-order chi connectivity index (χ1) is 14.5. The van der Waals surface area contributed by atoms with Crippen molar-refractivity contribution in [3.05, 3.63) is 29.6 Å². The van der Waals surface area contributed by atoms with E-state index in [1.54, 1.807) is 12.1 Å². The molecule has 1 aliphatic carbocycles. The van der Waals surface area contributed by atoms with Crippen LogP contribution in [0.2, 0.25) is 0 Å². The SMILES string of the molecule is N#CC(NC(=O)C(CC1CC1)NC(=O)C1Cc2cccc(F)c2N1)C1CCCOC1. The standard InChI is InChI=1S/C22H27FN4O3/c23-16-5-1-3-14-10-18(25-20(14)16)22(29)26-17(9-13-6-7-13)21(28)27-19(11-24)15-4-2-8-30-12-15/h1,3,5,13,15,17-19,25H,2,4,6-10,12H2,(H,26,29)(H,27,28). The van der Waals surface area contributed by atoms with Crippen LogP contribution in [0.15, 0.2) is 18.2 Å². The second-order valence-electron chi connectivity index (χ2n) is 8.51. The lowest BCUT2D eigenvalue weighted by atomic mass is 9.94. The van der Waals surface area contributed by atoms with Crippen LogP contribution in [-0.2, 0) is 20.7 Å². The second-order valence-corrected chi connectivity index (χ2v) is 8.51. The number of nitrogens with zero attached hydrogens (tertiary/aromatic N) is 1. The quantitative estimate of drug-likeness (QED) is 0.632. The Labute approximate surface area is 175 Å². The summed E-state index contributed by atoms with van der Waals surface area (Å²) in [6.45, 7) is 1.13. The minimum atomic E-state index is -0.708. The van der Waals surface area contributed by atoms with Gasteiger partial charge in [-0.15, -0.1) is 0 Å². The van der Waals surface area contributed by atoms with Crippen molar-refractivity contribution in [3.8, 4) is 6.07 Å². The van der Waals surface area contributed by atoms with Crippen molar-refractivity contribution in [2.24, 2.45) is 11.8 Å². The molecular formula is C22H27FN4O3. The number of hydrogen-bond acceptors (Lipinski definition) is 5. The van der Waals surface area contributed by atoms with Crippen LogP contribution in [0.3, 0.4) is 0 Å². The van der Waals surface area contributed by atoms with Gasteiger partial charge in [-0.2, -0.15) is 5.26 Å². The zero-order valence-electron chi connectivity index (χ0n) is 16.8. The van der Waals surface area contributed by atoms with Crippen LogP contribution in [0, 0.1) is 29.0 Å². The van der Waals surface area contributed by atoms with E-state index in [1.165, 1.54) is 6.07 Å². The second kappa shape index (κ2) is 9.00. The highest BCUT2D eigenvalue weighted by atomic mass is 19.1. The van der Waals surface area contributed by atoms with E-state index in [9.17, 15) is 19.2 Å². The van der Waals surface area contributed by atoms with E-state index in [2.05, 4.69) is 22.0 Å². The van der Waals surface area contributed by atoms with Crippen molar-refractivity contribution < 1.29 is 18.7 Å². The van der Waals surface area contributed by atoms with Gasteiger partial charge in [-0.3, -0.25) is 9.59 Å². The fraction of sp³-hybridized carbons (Fsp3) is 0.591. The Morgan fingerprint density at radius 1 is 1.30 bits per heavy atom. The molecule has 1 saturated carbocycles. The van der Waals surface area contributed by atoms with Gasteiger partial charge in [-0.25, -0.2) is 4.39 Å². The third-order valence-electron chi connectivity index (χ3n) is 6.16. The third-order valence-corrected chi connectivity index (χ3v) is 6.16. The molecule has 1 aromatic rings. The van der Waals surface area contributed by atoms with Crippen LogP contribution in [0.1, 0.15) is 37.7 Å². The van der Waals surface area contributed by atoms with E-state index in [0.717, 1.165) is 31.2 Å². The molecular weight excluding hydrogens is 387 g/mol. The van der Waals surface area contributed by atoms with Crippen molar-refractivity contribution in [2.75, 3.05) is 18.5 Å². The highest BCUT2D eigenvalue weighted by Crippen LogP contribution is 2.34. The van der Waals surface area contributed by atoms with Crippen LogP contribution in [0.4, 0.5) is 10.1 Å². The van der Waals surface area contributed by atoms with Crippen LogP contribution in [-0.4, -0.2) is 43.2 Å². The van der Waals surface area contributed by atoms with Crippen molar-refractivity contribution in [1.82, 2.24) is 10.6 Å². The number of nitrogens with one attached hydrogen (secondary N) is 3. The molecule has 30 heavy (non-hydrogen) atoms. The van der Waals surface area contributed by atoms with Crippen LogP contribution in [0.25, 0.3) is 0 Å². The summed E-state index contributed by atoms with van der Waals surface area (Å²) >= 11 is 0. The van der Waals surface area contributed by atoms with Crippen LogP contribution >= 0.6 is 0 Å². The van der Waals surface area contributed by atoms with E-state index in [1.807, 2.05) is 0 Å². The number of hydrogen-bond donors (Lipinski definition) is 3. The summed E-state index contributed by atoms with van der Waals surface area (Å²) in [5.74, 6) is -0.693. The molecule has 0 radical (unpaired) electrons. The van der Waals surface area contributed by atoms with E-state index < -0.39 is 18.1 Å². The molecule has 2 fully saturated rings. The van der Waals surface area contributed by atoms with E-state index in [0.29, 0.717) is 37.7 Å². The molecule has 2 aliphatic heterocycles. The summed E-state index contributed by atoms with van der Waals surface area (Å²) in [5, 5.41) is 18.1. The average molecular weight is 414 g/mol. The monoisotopic (exact) mass is 414 g/mol. The number of para-hydroxylation sites is 1. The summed E-state index contributed by atoms with van der Waals surface area (Å²) in [4.78, 5) is 25.8. The zero-order chi connectivity index (χ0) is 21.1. The Morgan fingerprint density at radius 3 is 2.80 bits per heavy atom. The smallest absolute Gasteiger partial charge is 0.243 e. The van der Waals surface area contributed by atoms with Gasteiger partial charge >= 0.3 is 0 Å². The van der Waals surface area contributed by atoms with Crippen molar-refractivity contribution in [1.29, 1.82) is 5.26 Å². The topological polar surface area (TPSA) is 103 Å². The largest absolute Gasteiger partial charge is 0.381 e. The van der Waals surface area contributed by atoms with E-state index in [-0.39, 0.29) is 23.5 Å². The molecule has 4 rings (SSSR count). The number of rotatable bonds is 7. The lowest BCUT2D eigenvalue weighted by Crippen LogP contribution is -2.54. The third kappa shape index (κ3) is 4.73. The molecule has 0 spiro atoms. The molecule has 3 aliphatic rings. The number of amides is 2. The molecule has 0 bridgehead atoms. The number of carbonyl (C=O) groups excluding carboxylic acids is 2. The Bertz CT molecular complexity index is 845. The molecule has 4 atom stereocenters. The molecule has 7 nitrogen and oxygen atoms in total. The summed E-state index contributed by atoms with van der Waals surface area (Å²) in [6.07, 6.45) is 4.69. The molecule has 1 saturated heterocycles. The maximum Gasteiger partial charge on any atom is 0.243 e. The number of fused-ring (bicyclic) bond motifs is 1. The van der Waals surface area contributed by atoms with Gasteiger partial charge < -0.3 is 20.7 Å². The Kier molecular flexibility index (Phi) is 6.18. The van der Waals surface area contributed by atoms with Crippen LogP contribution in [0.5, 0.6) is 0 Å². The first-order valence-corrected chi connectivity index (χ1v) is 10.7.